The molecule has 29 heavy (non-hydrogen) atoms. The number of morpholine rings is 1. The molecule has 1 heterocycles. The van der Waals surface area contributed by atoms with Gasteiger partial charge in [0, 0.05) is 39.1 Å². The molecule has 1 aliphatic rings. The van der Waals surface area contributed by atoms with Gasteiger partial charge in [-0.25, -0.2) is 0 Å². The van der Waals surface area contributed by atoms with Crippen molar-refractivity contribution in [1.82, 2.24) is 15.5 Å². The largest absolute Gasteiger partial charge is 0.466 e. The van der Waals surface area contributed by atoms with Gasteiger partial charge >= 0.3 is 5.97 Å². The smallest absolute Gasteiger partial charge is 0.305 e. The van der Waals surface area contributed by atoms with Crippen molar-refractivity contribution in [2.24, 2.45) is 4.99 Å². The van der Waals surface area contributed by atoms with Gasteiger partial charge in [0.25, 0.3) is 0 Å². The van der Waals surface area contributed by atoms with Gasteiger partial charge in [-0.2, -0.15) is 0 Å². The lowest BCUT2D eigenvalue weighted by atomic mass is 10.1. The molecule has 1 aliphatic heterocycles. The third-order valence-electron chi connectivity index (χ3n) is 4.50. The molecule has 1 saturated heterocycles. The molecule has 0 radical (unpaired) electrons. The molecule has 1 atom stereocenters. The van der Waals surface area contributed by atoms with Crippen LogP contribution in [0.3, 0.4) is 0 Å². The molecule has 1 rings (SSSR count). The van der Waals surface area contributed by atoms with Crippen molar-refractivity contribution in [2.45, 2.75) is 58.5 Å². The molecule has 0 amide bonds. The van der Waals surface area contributed by atoms with Gasteiger partial charge in [-0.3, -0.25) is 14.7 Å². The highest BCUT2D eigenvalue weighted by Crippen LogP contribution is 2.09. The first kappa shape index (κ1) is 28.4. The number of hydrogen-bond donors (Lipinski definition) is 3. The average molecular weight is 528 g/mol. The Morgan fingerprint density at radius 3 is 2.52 bits per heavy atom. The summed E-state index contributed by atoms with van der Waals surface area (Å²) in [5.41, 5.74) is -0.868. The number of rotatable bonds is 13. The van der Waals surface area contributed by atoms with E-state index >= 15 is 0 Å². The summed E-state index contributed by atoms with van der Waals surface area (Å²) in [5.74, 6) is 0.627. The zero-order valence-electron chi connectivity index (χ0n) is 18.4. The summed E-state index contributed by atoms with van der Waals surface area (Å²) in [6.45, 7) is 11.8. The number of guanidine groups is 1. The van der Waals surface area contributed by atoms with Crippen LogP contribution >= 0.6 is 24.0 Å². The van der Waals surface area contributed by atoms with E-state index in [4.69, 9.17) is 9.47 Å². The van der Waals surface area contributed by atoms with Crippen molar-refractivity contribution in [2.75, 3.05) is 59.1 Å². The molecule has 3 N–H and O–H groups in total. The number of esters is 1. The highest BCUT2D eigenvalue weighted by atomic mass is 127. The molecule has 0 aromatic heterocycles. The van der Waals surface area contributed by atoms with Gasteiger partial charge < -0.3 is 25.2 Å². The van der Waals surface area contributed by atoms with Crippen LogP contribution in [0.1, 0.15) is 52.9 Å². The van der Waals surface area contributed by atoms with E-state index in [0.717, 1.165) is 71.0 Å². The number of halogens is 1. The van der Waals surface area contributed by atoms with E-state index < -0.39 is 5.60 Å². The van der Waals surface area contributed by atoms with Crippen LogP contribution in [0.2, 0.25) is 0 Å². The number of aliphatic imine (C=N–C) groups is 1. The Morgan fingerprint density at radius 1 is 1.17 bits per heavy atom. The Bertz CT molecular complexity index is 458. The molecular weight excluding hydrogens is 487 g/mol. The lowest BCUT2D eigenvalue weighted by Crippen LogP contribution is -2.48. The summed E-state index contributed by atoms with van der Waals surface area (Å²) in [6, 6.07) is 0. The Labute approximate surface area is 193 Å². The number of ether oxygens (including phenoxy) is 2. The fourth-order valence-corrected chi connectivity index (χ4v) is 3.07. The molecule has 172 valence electrons. The van der Waals surface area contributed by atoms with E-state index in [2.05, 4.69) is 20.5 Å². The fourth-order valence-electron chi connectivity index (χ4n) is 3.07. The van der Waals surface area contributed by atoms with Gasteiger partial charge in [0.05, 0.1) is 32.0 Å². The van der Waals surface area contributed by atoms with Crippen molar-refractivity contribution >= 4 is 35.9 Å². The van der Waals surface area contributed by atoms with Crippen LogP contribution in [0, 0.1) is 0 Å². The highest BCUT2D eigenvalue weighted by Gasteiger charge is 2.25. The standard InChI is InChI=1S/C20H40N4O4.HI/c1-4-21-19(22-11-9-7-6-8-10-18(25)28-5-2)23-16-20(3,26)17-24-12-14-27-15-13-24;/h26H,4-17H2,1-3H3,(H2,21,22,23);1H. The van der Waals surface area contributed by atoms with E-state index in [1.807, 2.05) is 20.8 Å². The molecule has 8 nitrogen and oxygen atoms in total. The number of nitrogens with zero attached hydrogens (tertiary/aromatic N) is 2. The Morgan fingerprint density at radius 2 is 1.86 bits per heavy atom. The van der Waals surface area contributed by atoms with Gasteiger partial charge in [0.2, 0.25) is 0 Å². The van der Waals surface area contributed by atoms with Gasteiger partial charge in [-0.05, 0) is 33.6 Å². The van der Waals surface area contributed by atoms with Crippen LogP contribution in [0.5, 0.6) is 0 Å². The maximum atomic E-state index is 11.3. The molecule has 0 aliphatic carbocycles. The van der Waals surface area contributed by atoms with Crippen molar-refractivity contribution in [3.8, 4) is 0 Å². The molecule has 9 heteroatoms. The Balaban J connectivity index is 0.00000784. The first-order valence-electron chi connectivity index (χ1n) is 10.7. The third kappa shape index (κ3) is 14.9. The number of carbonyl (C=O) groups excluding carboxylic acids is 1. The zero-order chi connectivity index (χ0) is 20.7. The maximum absolute atomic E-state index is 11.3. The molecule has 0 spiro atoms. The summed E-state index contributed by atoms with van der Waals surface area (Å²) in [5, 5.41) is 17.2. The first-order valence-corrected chi connectivity index (χ1v) is 10.7. The molecule has 0 aromatic carbocycles. The number of carbonyl (C=O) groups is 1. The first-order chi connectivity index (χ1) is 13.5. The van der Waals surface area contributed by atoms with E-state index in [-0.39, 0.29) is 29.9 Å². The normalized spacial score (nSPS) is 17.2. The predicted molar refractivity (Wildman–Crippen MR) is 127 cm³/mol. The summed E-state index contributed by atoms with van der Waals surface area (Å²) in [7, 11) is 0. The van der Waals surface area contributed by atoms with Crippen molar-refractivity contribution in [1.29, 1.82) is 0 Å². The number of hydrogen-bond acceptors (Lipinski definition) is 6. The predicted octanol–water partition coefficient (Wildman–Crippen LogP) is 1.76. The van der Waals surface area contributed by atoms with Crippen molar-refractivity contribution in [3.05, 3.63) is 0 Å². The number of aliphatic hydroxyl groups is 1. The summed E-state index contributed by atoms with van der Waals surface area (Å²) in [4.78, 5) is 18.1. The van der Waals surface area contributed by atoms with Crippen LogP contribution in [-0.2, 0) is 14.3 Å². The third-order valence-corrected chi connectivity index (χ3v) is 4.50. The molecule has 0 aromatic rings. The lowest BCUT2D eigenvalue weighted by Gasteiger charge is -2.33. The maximum Gasteiger partial charge on any atom is 0.305 e. The minimum absolute atomic E-state index is 0. The molecular formula is C20H41IN4O4. The second-order valence-corrected chi connectivity index (χ2v) is 7.48. The molecule has 1 unspecified atom stereocenters. The van der Waals surface area contributed by atoms with Gasteiger partial charge in [-0.1, -0.05) is 12.8 Å². The van der Waals surface area contributed by atoms with Gasteiger partial charge in [0.15, 0.2) is 5.96 Å². The van der Waals surface area contributed by atoms with Crippen LogP contribution in [0.15, 0.2) is 4.99 Å². The summed E-state index contributed by atoms with van der Waals surface area (Å²) >= 11 is 0. The number of β-amino-alcohol motifs (C(OH)–C–C–N with tert-alkyl or cyclic N) is 1. The number of nitrogens with one attached hydrogen (secondary N) is 2. The monoisotopic (exact) mass is 528 g/mol. The summed E-state index contributed by atoms with van der Waals surface area (Å²) in [6.07, 6.45) is 4.46. The second kappa shape index (κ2) is 17.1. The summed E-state index contributed by atoms with van der Waals surface area (Å²) < 4.78 is 10.3. The minimum Gasteiger partial charge on any atom is -0.466 e. The van der Waals surface area contributed by atoms with E-state index in [0.29, 0.717) is 26.1 Å². The van der Waals surface area contributed by atoms with Crippen molar-refractivity contribution in [3.63, 3.8) is 0 Å². The highest BCUT2D eigenvalue weighted by molar-refractivity contribution is 14.0. The van der Waals surface area contributed by atoms with Gasteiger partial charge in [-0.15, -0.1) is 24.0 Å². The van der Waals surface area contributed by atoms with Crippen LogP contribution in [0.4, 0.5) is 0 Å². The van der Waals surface area contributed by atoms with Crippen molar-refractivity contribution < 1.29 is 19.4 Å². The van der Waals surface area contributed by atoms with Crippen LogP contribution in [0.25, 0.3) is 0 Å². The second-order valence-electron chi connectivity index (χ2n) is 7.48. The van der Waals surface area contributed by atoms with Crippen LogP contribution < -0.4 is 10.6 Å². The Kier molecular flexibility index (Phi) is 16.7. The minimum atomic E-state index is -0.868. The average Bonchev–Trinajstić information content (AvgIpc) is 2.66. The molecule has 0 saturated carbocycles. The number of unbranched alkanes of at least 4 members (excludes halogenated alkanes) is 3. The van der Waals surface area contributed by atoms with Crippen LogP contribution in [-0.4, -0.2) is 86.6 Å². The topological polar surface area (TPSA) is 95.4 Å². The Hall–Kier alpha value is -0.650. The van der Waals surface area contributed by atoms with E-state index in [9.17, 15) is 9.90 Å². The zero-order valence-corrected chi connectivity index (χ0v) is 20.7. The van der Waals surface area contributed by atoms with Gasteiger partial charge in [0.1, 0.15) is 0 Å². The lowest BCUT2D eigenvalue weighted by molar-refractivity contribution is -0.143. The molecule has 0 bridgehead atoms. The SMILES string of the molecule is CCNC(=NCC(C)(O)CN1CCOCC1)NCCCCCCC(=O)OCC.I. The quantitative estimate of drug-likeness (QED) is 0.110. The van der Waals surface area contributed by atoms with E-state index in [1.165, 1.54) is 0 Å². The molecule has 1 fully saturated rings. The van der Waals surface area contributed by atoms with E-state index in [1.54, 1.807) is 0 Å². The fraction of sp³-hybridized carbons (Fsp3) is 0.900.